The lowest BCUT2D eigenvalue weighted by atomic mass is 10.1. The van der Waals surface area contributed by atoms with Gasteiger partial charge in [-0.15, -0.1) is 0 Å². The van der Waals surface area contributed by atoms with Crippen molar-refractivity contribution in [2.24, 2.45) is 10.7 Å². The number of nitrogens with two attached hydrogens (primary N) is 1. The van der Waals surface area contributed by atoms with Gasteiger partial charge in [0.15, 0.2) is 5.17 Å². The number of nitrogens with zero attached hydrogens (tertiary/aromatic N) is 2. The second-order valence-corrected chi connectivity index (χ2v) is 6.55. The molecule has 1 aliphatic heterocycles. The van der Waals surface area contributed by atoms with E-state index in [2.05, 4.69) is 52.4 Å². The van der Waals surface area contributed by atoms with Gasteiger partial charge < -0.3 is 10.6 Å². The predicted octanol–water partition coefficient (Wildman–Crippen LogP) is 3.90. The van der Waals surface area contributed by atoms with Crippen molar-refractivity contribution in [2.45, 2.75) is 5.25 Å². The van der Waals surface area contributed by atoms with Crippen molar-refractivity contribution < 1.29 is 0 Å². The molecule has 2 aromatic carbocycles. The summed E-state index contributed by atoms with van der Waals surface area (Å²) in [5.41, 5.74) is 10.5. The molecule has 0 aliphatic carbocycles. The number of anilines is 1. The topological polar surface area (TPSA) is 41.6 Å². The van der Waals surface area contributed by atoms with E-state index in [9.17, 15) is 0 Å². The first-order valence-electron chi connectivity index (χ1n) is 7.19. The summed E-state index contributed by atoms with van der Waals surface area (Å²) in [6.45, 7) is 0. The highest BCUT2D eigenvalue weighted by Gasteiger charge is 2.18. The first-order chi connectivity index (χ1) is 10.6. The third-order valence-corrected chi connectivity index (χ3v) is 4.59. The van der Waals surface area contributed by atoms with Crippen LogP contribution >= 0.6 is 11.8 Å². The van der Waals surface area contributed by atoms with Crippen molar-refractivity contribution in [1.29, 1.82) is 0 Å². The van der Waals surface area contributed by atoms with Gasteiger partial charge in [0.1, 0.15) is 0 Å². The van der Waals surface area contributed by atoms with E-state index in [1.165, 1.54) is 11.3 Å². The maximum Gasteiger partial charge on any atom is 0.160 e. The normalized spacial score (nSPS) is 17.6. The van der Waals surface area contributed by atoms with Crippen LogP contribution in [0.4, 0.5) is 5.69 Å². The molecule has 0 amide bonds. The Morgan fingerprint density at radius 3 is 2.32 bits per heavy atom. The third kappa shape index (κ3) is 3.17. The molecule has 3 rings (SSSR count). The number of hydrogen-bond acceptors (Lipinski definition) is 4. The highest BCUT2D eigenvalue weighted by molar-refractivity contribution is 8.14. The molecular formula is C18H19N3S. The molecule has 0 radical (unpaired) electrons. The van der Waals surface area contributed by atoms with Crippen LogP contribution in [0.2, 0.25) is 0 Å². The zero-order valence-corrected chi connectivity index (χ0v) is 13.5. The van der Waals surface area contributed by atoms with Crippen molar-refractivity contribution in [3.63, 3.8) is 0 Å². The Morgan fingerprint density at radius 2 is 1.68 bits per heavy atom. The maximum atomic E-state index is 6.03. The first-order valence-corrected chi connectivity index (χ1v) is 8.07. The summed E-state index contributed by atoms with van der Waals surface area (Å²) in [4.78, 5) is 6.58. The van der Waals surface area contributed by atoms with E-state index in [1.54, 1.807) is 11.8 Å². The van der Waals surface area contributed by atoms with Gasteiger partial charge in [-0.3, -0.25) is 0 Å². The maximum absolute atomic E-state index is 6.03. The Morgan fingerprint density at radius 1 is 1.00 bits per heavy atom. The summed E-state index contributed by atoms with van der Waals surface area (Å²) < 4.78 is 0. The SMILES string of the molecule is CN(C)c1ccc(C2C=C(c3ccccc3)N=C(N)S2)cc1. The van der Waals surface area contributed by atoms with Crippen molar-refractivity contribution in [2.75, 3.05) is 19.0 Å². The molecule has 0 aromatic heterocycles. The molecule has 2 aromatic rings. The van der Waals surface area contributed by atoms with Gasteiger partial charge in [-0.1, -0.05) is 54.2 Å². The van der Waals surface area contributed by atoms with Gasteiger partial charge in [-0.2, -0.15) is 0 Å². The fourth-order valence-corrected chi connectivity index (χ4v) is 3.29. The van der Waals surface area contributed by atoms with Gasteiger partial charge in [0.25, 0.3) is 0 Å². The lowest BCUT2D eigenvalue weighted by molar-refractivity contribution is 1.12. The largest absolute Gasteiger partial charge is 0.378 e. The molecule has 22 heavy (non-hydrogen) atoms. The Labute approximate surface area is 135 Å². The highest BCUT2D eigenvalue weighted by Crippen LogP contribution is 2.38. The second kappa shape index (κ2) is 6.28. The van der Waals surface area contributed by atoms with E-state index in [4.69, 9.17) is 5.73 Å². The van der Waals surface area contributed by atoms with Gasteiger partial charge in [-0.25, -0.2) is 4.99 Å². The molecule has 1 aliphatic rings. The van der Waals surface area contributed by atoms with Gasteiger partial charge in [0.05, 0.1) is 10.9 Å². The number of hydrogen-bond donors (Lipinski definition) is 1. The minimum atomic E-state index is 0.198. The van der Waals surface area contributed by atoms with Crippen LogP contribution in [0.5, 0.6) is 0 Å². The molecule has 1 atom stereocenters. The third-order valence-electron chi connectivity index (χ3n) is 3.60. The van der Waals surface area contributed by atoms with E-state index >= 15 is 0 Å². The Kier molecular flexibility index (Phi) is 4.20. The van der Waals surface area contributed by atoms with Crippen molar-refractivity contribution in [3.05, 3.63) is 71.8 Å². The standard InChI is InChI=1S/C18H19N3S/c1-21(2)15-10-8-14(9-11-15)17-12-16(20-18(19)22-17)13-6-4-3-5-7-13/h3-12,17H,1-2H3,(H2,19,20). The Hall–Kier alpha value is -2.20. The summed E-state index contributed by atoms with van der Waals surface area (Å²) in [5.74, 6) is 0. The van der Waals surface area contributed by atoms with Gasteiger partial charge in [0.2, 0.25) is 0 Å². The van der Waals surface area contributed by atoms with Gasteiger partial charge in [-0.05, 0) is 29.3 Å². The summed E-state index contributed by atoms with van der Waals surface area (Å²) in [6.07, 6.45) is 2.18. The quantitative estimate of drug-likeness (QED) is 0.935. The van der Waals surface area contributed by atoms with E-state index in [0.29, 0.717) is 5.17 Å². The van der Waals surface area contributed by atoms with Crippen LogP contribution < -0.4 is 10.6 Å². The second-order valence-electron chi connectivity index (χ2n) is 5.39. The molecule has 0 saturated carbocycles. The molecule has 1 unspecified atom stereocenters. The van der Waals surface area contributed by atoms with E-state index in [1.807, 2.05) is 32.3 Å². The molecule has 112 valence electrons. The molecule has 0 bridgehead atoms. The zero-order valence-electron chi connectivity index (χ0n) is 12.7. The molecule has 0 spiro atoms. The summed E-state index contributed by atoms with van der Waals surface area (Å²) in [5, 5.41) is 0.812. The number of aliphatic imine (C=N–C) groups is 1. The fourth-order valence-electron chi connectivity index (χ4n) is 2.39. The lowest BCUT2D eigenvalue weighted by Gasteiger charge is -2.20. The minimum absolute atomic E-state index is 0.198. The van der Waals surface area contributed by atoms with Crippen molar-refractivity contribution >= 4 is 28.3 Å². The fraction of sp³-hybridized carbons (Fsp3) is 0.167. The first kappa shape index (κ1) is 14.7. The van der Waals surface area contributed by atoms with E-state index in [-0.39, 0.29) is 5.25 Å². The van der Waals surface area contributed by atoms with E-state index in [0.717, 1.165) is 11.3 Å². The molecule has 0 fully saturated rings. The van der Waals surface area contributed by atoms with Crippen LogP contribution in [0.15, 0.2) is 65.7 Å². The average Bonchev–Trinajstić information content (AvgIpc) is 2.55. The zero-order chi connectivity index (χ0) is 15.5. The Bertz CT molecular complexity index is 703. The molecule has 3 nitrogen and oxygen atoms in total. The van der Waals surface area contributed by atoms with Gasteiger partial charge in [0, 0.05) is 19.8 Å². The highest BCUT2D eigenvalue weighted by atomic mass is 32.2. The predicted molar refractivity (Wildman–Crippen MR) is 97.1 cm³/mol. The average molecular weight is 309 g/mol. The molecule has 4 heteroatoms. The smallest absolute Gasteiger partial charge is 0.160 e. The van der Waals surface area contributed by atoms with Crippen LogP contribution in [0.25, 0.3) is 5.70 Å². The van der Waals surface area contributed by atoms with Crippen LogP contribution in [-0.2, 0) is 0 Å². The molecule has 1 heterocycles. The molecule has 2 N–H and O–H groups in total. The monoisotopic (exact) mass is 309 g/mol. The molecular weight excluding hydrogens is 290 g/mol. The van der Waals surface area contributed by atoms with E-state index < -0.39 is 0 Å². The summed E-state index contributed by atoms with van der Waals surface area (Å²) in [6, 6.07) is 18.7. The van der Waals surface area contributed by atoms with Crippen LogP contribution in [-0.4, -0.2) is 19.3 Å². The number of benzene rings is 2. The minimum Gasteiger partial charge on any atom is -0.378 e. The van der Waals surface area contributed by atoms with Crippen molar-refractivity contribution in [1.82, 2.24) is 0 Å². The summed E-state index contributed by atoms with van der Waals surface area (Å²) >= 11 is 1.59. The summed E-state index contributed by atoms with van der Waals surface area (Å²) in [7, 11) is 4.09. The van der Waals surface area contributed by atoms with Crippen molar-refractivity contribution in [3.8, 4) is 0 Å². The molecule has 0 saturated heterocycles. The number of amidine groups is 1. The number of thioether (sulfide) groups is 1. The van der Waals surface area contributed by atoms with Crippen LogP contribution in [0, 0.1) is 0 Å². The number of rotatable bonds is 3. The van der Waals surface area contributed by atoms with Gasteiger partial charge >= 0.3 is 0 Å². The Balaban J connectivity index is 1.91. The van der Waals surface area contributed by atoms with Crippen LogP contribution in [0.1, 0.15) is 16.4 Å². The van der Waals surface area contributed by atoms with Crippen LogP contribution in [0.3, 0.4) is 0 Å². The lowest BCUT2D eigenvalue weighted by Crippen LogP contribution is -2.13.